The van der Waals surface area contributed by atoms with Gasteiger partial charge in [0, 0.05) is 11.3 Å². The maximum absolute atomic E-state index is 13.1. The lowest BCUT2D eigenvalue weighted by molar-refractivity contribution is 0.102. The molecule has 0 radical (unpaired) electrons. The molecule has 1 aromatic heterocycles. The maximum Gasteiger partial charge on any atom is 0.255 e. The second kappa shape index (κ2) is 6.33. The van der Waals surface area contributed by atoms with Gasteiger partial charge in [-0.05, 0) is 36.8 Å². The zero-order chi connectivity index (χ0) is 15.4. The van der Waals surface area contributed by atoms with E-state index in [-0.39, 0.29) is 16.4 Å². The Morgan fingerprint density at radius 1 is 1.43 bits per heavy atom. The summed E-state index contributed by atoms with van der Waals surface area (Å²) in [6, 6.07) is 8.47. The van der Waals surface area contributed by atoms with Gasteiger partial charge in [-0.1, -0.05) is 18.5 Å². The van der Waals surface area contributed by atoms with Crippen molar-refractivity contribution in [3.63, 3.8) is 0 Å². The van der Waals surface area contributed by atoms with Gasteiger partial charge >= 0.3 is 0 Å². The molecule has 106 valence electrons. The first-order valence-electron chi connectivity index (χ1n) is 6.21. The van der Waals surface area contributed by atoms with Crippen molar-refractivity contribution in [1.82, 2.24) is 4.98 Å². The number of nitriles is 1. The van der Waals surface area contributed by atoms with Gasteiger partial charge in [-0.25, -0.2) is 9.37 Å². The van der Waals surface area contributed by atoms with Crippen LogP contribution in [0.4, 0.5) is 10.1 Å². The summed E-state index contributed by atoms with van der Waals surface area (Å²) >= 11 is 5.86. The molecule has 2 aromatic rings. The number of anilines is 1. The van der Waals surface area contributed by atoms with E-state index in [2.05, 4.69) is 10.3 Å². The van der Waals surface area contributed by atoms with Gasteiger partial charge in [0.25, 0.3) is 5.91 Å². The minimum atomic E-state index is -0.537. The molecule has 0 saturated carbocycles. The van der Waals surface area contributed by atoms with Gasteiger partial charge in [0.15, 0.2) is 0 Å². The fourth-order valence-corrected chi connectivity index (χ4v) is 2.00. The van der Waals surface area contributed by atoms with Crippen molar-refractivity contribution in [2.24, 2.45) is 0 Å². The summed E-state index contributed by atoms with van der Waals surface area (Å²) in [5, 5.41) is 11.7. The highest BCUT2D eigenvalue weighted by Crippen LogP contribution is 2.18. The number of hydrogen-bond acceptors (Lipinski definition) is 3. The lowest BCUT2D eigenvalue weighted by atomic mass is 10.1. The van der Waals surface area contributed by atoms with Gasteiger partial charge in [-0.3, -0.25) is 4.79 Å². The van der Waals surface area contributed by atoms with Crippen LogP contribution in [0.2, 0.25) is 5.15 Å². The Morgan fingerprint density at radius 2 is 2.19 bits per heavy atom. The molecule has 0 atom stereocenters. The summed E-state index contributed by atoms with van der Waals surface area (Å²) in [6.45, 7) is 1.90. The smallest absolute Gasteiger partial charge is 0.255 e. The monoisotopic (exact) mass is 303 g/mol. The van der Waals surface area contributed by atoms with E-state index in [0.29, 0.717) is 17.7 Å². The number of carbonyl (C=O) groups is 1. The van der Waals surface area contributed by atoms with Crippen molar-refractivity contribution < 1.29 is 9.18 Å². The predicted molar refractivity (Wildman–Crippen MR) is 77.7 cm³/mol. The van der Waals surface area contributed by atoms with Crippen molar-refractivity contribution in [1.29, 1.82) is 5.26 Å². The van der Waals surface area contributed by atoms with E-state index in [0.717, 1.165) is 6.07 Å². The van der Waals surface area contributed by atoms with Crippen molar-refractivity contribution >= 4 is 23.2 Å². The number of amides is 1. The quantitative estimate of drug-likeness (QED) is 0.882. The fourth-order valence-electron chi connectivity index (χ4n) is 1.78. The number of carbonyl (C=O) groups excluding carboxylic acids is 1. The summed E-state index contributed by atoms with van der Waals surface area (Å²) in [6.07, 6.45) is 0.640. The Morgan fingerprint density at radius 3 is 2.86 bits per heavy atom. The summed E-state index contributed by atoms with van der Waals surface area (Å²) < 4.78 is 13.1. The van der Waals surface area contributed by atoms with Crippen molar-refractivity contribution in [3.05, 3.63) is 58.1 Å². The summed E-state index contributed by atoms with van der Waals surface area (Å²) in [5.74, 6) is -0.970. The van der Waals surface area contributed by atoms with E-state index >= 15 is 0 Å². The van der Waals surface area contributed by atoms with E-state index in [1.165, 1.54) is 18.2 Å². The van der Waals surface area contributed by atoms with E-state index in [4.69, 9.17) is 16.9 Å². The zero-order valence-electron chi connectivity index (χ0n) is 11.2. The number of nitrogens with zero attached hydrogens (tertiary/aromatic N) is 2. The average molecular weight is 304 g/mol. The van der Waals surface area contributed by atoms with Gasteiger partial charge in [-0.15, -0.1) is 0 Å². The third-order valence-corrected chi connectivity index (χ3v) is 3.02. The van der Waals surface area contributed by atoms with Crippen LogP contribution in [0, 0.1) is 17.1 Å². The van der Waals surface area contributed by atoms with E-state index in [9.17, 15) is 9.18 Å². The molecule has 0 unspecified atom stereocenters. The molecule has 0 aliphatic rings. The highest BCUT2D eigenvalue weighted by molar-refractivity contribution is 6.29. The van der Waals surface area contributed by atoms with Crippen LogP contribution < -0.4 is 5.32 Å². The van der Waals surface area contributed by atoms with E-state index in [1.54, 1.807) is 6.07 Å². The third-order valence-electron chi connectivity index (χ3n) is 2.82. The van der Waals surface area contributed by atoms with Crippen LogP contribution in [0.3, 0.4) is 0 Å². The van der Waals surface area contributed by atoms with Crippen molar-refractivity contribution in [2.75, 3.05) is 5.32 Å². The second-order valence-corrected chi connectivity index (χ2v) is 4.67. The second-order valence-electron chi connectivity index (χ2n) is 4.28. The molecule has 0 saturated heterocycles. The Hall–Kier alpha value is -2.45. The maximum atomic E-state index is 13.1. The minimum absolute atomic E-state index is 0.0548. The van der Waals surface area contributed by atoms with Crippen LogP contribution in [0.5, 0.6) is 0 Å². The van der Waals surface area contributed by atoms with Crippen molar-refractivity contribution in [2.45, 2.75) is 13.3 Å². The molecule has 21 heavy (non-hydrogen) atoms. The molecule has 4 nitrogen and oxygen atoms in total. The molecule has 1 amide bonds. The molecule has 1 aromatic carbocycles. The summed E-state index contributed by atoms with van der Waals surface area (Å²) in [4.78, 5) is 16.3. The lowest BCUT2D eigenvalue weighted by Gasteiger charge is -2.08. The Labute approximate surface area is 126 Å². The average Bonchev–Trinajstić information content (AvgIpc) is 2.48. The third kappa shape index (κ3) is 3.56. The van der Waals surface area contributed by atoms with Gasteiger partial charge in [0.05, 0.1) is 11.3 Å². The highest BCUT2D eigenvalue weighted by atomic mass is 35.5. The number of hydrogen-bond donors (Lipinski definition) is 1. The molecule has 0 aliphatic carbocycles. The van der Waals surface area contributed by atoms with E-state index in [1.807, 2.05) is 13.0 Å². The molecule has 6 heteroatoms. The Kier molecular flexibility index (Phi) is 4.51. The number of pyridine rings is 1. The fraction of sp³-hybridized carbons (Fsp3) is 0.133. The summed E-state index contributed by atoms with van der Waals surface area (Å²) in [5.41, 5.74) is 1.32. The van der Waals surface area contributed by atoms with Crippen molar-refractivity contribution in [3.8, 4) is 6.07 Å². The van der Waals surface area contributed by atoms with Crippen LogP contribution >= 0.6 is 11.6 Å². The van der Waals surface area contributed by atoms with Crippen LogP contribution in [0.15, 0.2) is 30.3 Å². The molecular formula is C15H11ClFN3O. The molecule has 0 spiro atoms. The molecule has 1 N–H and O–H groups in total. The number of halogens is 2. The molecule has 2 rings (SSSR count). The Bertz CT molecular complexity index is 740. The standard InChI is InChI=1S/C15H11ClFN3O/c1-2-12-6-9(7-14(16)19-12)15(21)20-13-4-3-11(17)5-10(13)8-18/h3-7H,2H2,1H3,(H,20,21). The number of benzene rings is 1. The largest absolute Gasteiger partial charge is 0.321 e. The van der Waals surface area contributed by atoms with E-state index < -0.39 is 11.7 Å². The normalized spacial score (nSPS) is 10.0. The van der Waals surface area contributed by atoms with Gasteiger partial charge in [-0.2, -0.15) is 5.26 Å². The van der Waals surface area contributed by atoms with Crippen LogP contribution in [0.1, 0.15) is 28.5 Å². The van der Waals surface area contributed by atoms with Gasteiger partial charge < -0.3 is 5.32 Å². The first-order valence-corrected chi connectivity index (χ1v) is 6.58. The van der Waals surface area contributed by atoms with Crippen LogP contribution in [-0.4, -0.2) is 10.9 Å². The SMILES string of the molecule is CCc1cc(C(=O)Nc2ccc(F)cc2C#N)cc(Cl)n1. The number of rotatable bonds is 3. The molecule has 0 aliphatic heterocycles. The van der Waals surface area contributed by atoms with Crippen LogP contribution in [-0.2, 0) is 6.42 Å². The topological polar surface area (TPSA) is 65.8 Å². The van der Waals surface area contributed by atoms with Crippen LogP contribution in [0.25, 0.3) is 0 Å². The zero-order valence-corrected chi connectivity index (χ0v) is 11.9. The first-order chi connectivity index (χ1) is 10.0. The summed E-state index contributed by atoms with van der Waals surface area (Å²) in [7, 11) is 0. The molecule has 1 heterocycles. The predicted octanol–water partition coefficient (Wildman–Crippen LogP) is 3.56. The molecular weight excluding hydrogens is 293 g/mol. The first kappa shape index (κ1) is 14.9. The molecule has 0 bridgehead atoms. The Balaban J connectivity index is 2.30. The van der Waals surface area contributed by atoms with Gasteiger partial charge in [0.1, 0.15) is 17.0 Å². The van der Waals surface area contributed by atoms with Gasteiger partial charge in [0.2, 0.25) is 0 Å². The number of aromatic nitrogens is 1. The molecule has 0 fully saturated rings. The highest BCUT2D eigenvalue weighted by Gasteiger charge is 2.12. The number of nitrogens with one attached hydrogen (secondary N) is 1. The minimum Gasteiger partial charge on any atom is -0.321 e. The number of aryl methyl sites for hydroxylation is 1. The lowest BCUT2D eigenvalue weighted by Crippen LogP contribution is -2.13.